The lowest BCUT2D eigenvalue weighted by Gasteiger charge is -2.26. The van der Waals surface area contributed by atoms with E-state index < -0.39 is 17.4 Å². The summed E-state index contributed by atoms with van der Waals surface area (Å²) in [6.45, 7) is 1.36. The predicted molar refractivity (Wildman–Crippen MR) is 97.3 cm³/mol. The van der Waals surface area contributed by atoms with Crippen molar-refractivity contribution in [1.82, 2.24) is 10.3 Å². The van der Waals surface area contributed by atoms with Gasteiger partial charge in [-0.25, -0.2) is 9.78 Å². The summed E-state index contributed by atoms with van der Waals surface area (Å²) < 4.78 is 0. The number of carbonyl (C=O) groups is 2. The van der Waals surface area contributed by atoms with Crippen LogP contribution < -0.4 is 5.32 Å². The fraction of sp³-hybridized carbons (Fsp3) is 0.105. The first-order chi connectivity index (χ1) is 12.3. The molecular formula is C19H15ClN2O4. The minimum Gasteiger partial charge on any atom is -0.505 e. The van der Waals surface area contributed by atoms with Gasteiger partial charge in [0.05, 0.1) is 0 Å². The highest BCUT2D eigenvalue weighted by Crippen LogP contribution is 2.32. The third kappa shape index (κ3) is 2.95. The van der Waals surface area contributed by atoms with E-state index in [-0.39, 0.29) is 16.6 Å². The molecular weight excluding hydrogens is 356 g/mol. The van der Waals surface area contributed by atoms with Crippen LogP contribution in [0.15, 0.2) is 54.6 Å². The Hall–Kier alpha value is -3.12. The summed E-state index contributed by atoms with van der Waals surface area (Å²) >= 11 is 6.11. The molecule has 1 atom stereocenters. The van der Waals surface area contributed by atoms with Gasteiger partial charge in [-0.05, 0) is 12.5 Å². The number of nitrogens with zero attached hydrogens (tertiary/aromatic N) is 1. The zero-order valence-corrected chi connectivity index (χ0v) is 14.5. The van der Waals surface area contributed by atoms with Crippen LogP contribution in [0.3, 0.4) is 0 Å². The summed E-state index contributed by atoms with van der Waals surface area (Å²) in [5.41, 5.74) is -1.66. The number of amides is 1. The van der Waals surface area contributed by atoms with Crippen LogP contribution in [-0.2, 0) is 10.3 Å². The van der Waals surface area contributed by atoms with Gasteiger partial charge in [0.1, 0.15) is 5.15 Å². The maximum atomic E-state index is 12.7. The molecule has 0 radical (unpaired) electrons. The Kier molecular flexibility index (Phi) is 4.52. The van der Waals surface area contributed by atoms with Crippen molar-refractivity contribution in [2.45, 2.75) is 12.5 Å². The lowest BCUT2D eigenvalue weighted by atomic mass is 9.92. The smallest absolute Gasteiger partial charge is 0.333 e. The highest BCUT2D eigenvalue weighted by Gasteiger charge is 2.38. The third-order valence-corrected chi connectivity index (χ3v) is 4.48. The molecule has 132 valence electrons. The van der Waals surface area contributed by atoms with Gasteiger partial charge in [0.15, 0.2) is 17.0 Å². The normalized spacial score (nSPS) is 13.2. The number of halogens is 1. The number of carbonyl (C=O) groups excluding carboxylic acids is 1. The Morgan fingerprint density at radius 3 is 2.23 bits per heavy atom. The number of hydrogen-bond acceptors (Lipinski definition) is 4. The Labute approximate surface area is 154 Å². The van der Waals surface area contributed by atoms with Crippen molar-refractivity contribution in [3.63, 3.8) is 0 Å². The van der Waals surface area contributed by atoms with E-state index in [4.69, 9.17) is 11.6 Å². The number of nitrogens with one attached hydrogen (secondary N) is 1. The second kappa shape index (κ2) is 6.65. The second-order valence-corrected chi connectivity index (χ2v) is 6.25. The van der Waals surface area contributed by atoms with Crippen molar-refractivity contribution in [3.05, 3.63) is 71.0 Å². The first-order valence-corrected chi connectivity index (χ1v) is 8.11. The quantitative estimate of drug-likeness (QED) is 0.612. The van der Waals surface area contributed by atoms with Gasteiger partial charge in [0.2, 0.25) is 0 Å². The van der Waals surface area contributed by atoms with Crippen molar-refractivity contribution in [2.24, 2.45) is 0 Å². The molecule has 0 aliphatic carbocycles. The molecule has 0 aliphatic heterocycles. The summed E-state index contributed by atoms with van der Waals surface area (Å²) in [5, 5.41) is 23.4. The van der Waals surface area contributed by atoms with Crippen molar-refractivity contribution >= 4 is 34.2 Å². The first-order valence-electron chi connectivity index (χ1n) is 7.73. The highest BCUT2D eigenvalue weighted by atomic mass is 35.5. The molecule has 26 heavy (non-hydrogen) atoms. The summed E-state index contributed by atoms with van der Waals surface area (Å²) in [4.78, 5) is 28.5. The number of hydrogen-bond donors (Lipinski definition) is 3. The lowest BCUT2D eigenvalue weighted by molar-refractivity contribution is -0.144. The van der Waals surface area contributed by atoms with Gasteiger partial charge in [-0.15, -0.1) is 0 Å². The van der Waals surface area contributed by atoms with Crippen molar-refractivity contribution in [1.29, 1.82) is 0 Å². The van der Waals surface area contributed by atoms with Crippen LogP contribution in [0.1, 0.15) is 23.0 Å². The molecule has 3 aromatic rings. The van der Waals surface area contributed by atoms with Crippen LogP contribution in [-0.4, -0.2) is 27.1 Å². The van der Waals surface area contributed by atoms with Crippen LogP contribution in [0.5, 0.6) is 5.75 Å². The molecule has 6 nitrogen and oxygen atoms in total. The molecule has 0 saturated carbocycles. The Morgan fingerprint density at radius 2 is 1.62 bits per heavy atom. The fourth-order valence-electron chi connectivity index (χ4n) is 2.67. The molecule has 0 fully saturated rings. The van der Waals surface area contributed by atoms with Crippen LogP contribution in [0.2, 0.25) is 5.15 Å². The lowest BCUT2D eigenvalue weighted by Crippen LogP contribution is -2.49. The fourth-order valence-corrected chi connectivity index (χ4v) is 2.92. The van der Waals surface area contributed by atoms with Gasteiger partial charge in [-0.3, -0.25) is 4.79 Å². The molecule has 7 heteroatoms. The highest BCUT2D eigenvalue weighted by molar-refractivity contribution is 6.34. The monoisotopic (exact) mass is 370 g/mol. The predicted octanol–water partition coefficient (Wildman–Crippen LogP) is 3.32. The average molecular weight is 371 g/mol. The van der Waals surface area contributed by atoms with Crippen LogP contribution >= 0.6 is 11.6 Å². The van der Waals surface area contributed by atoms with Crippen LogP contribution in [0.25, 0.3) is 10.8 Å². The van der Waals surface area contributed by atoms with E-state index in [0.29, 0.717) is 16.3 Å². The first kappa shape index (κ1) is 17.7. The van der Waals surface area contributed by atoms with Gasteiger partial charge in [-0.1, -0.05) is 66.2 Å². The summed E-state index contributed by atoms with van der Waals surface area (Å²) in [5.74, 6) is -2.45. The topological polar surface area (TPSA) is 99.5 Å². The maximum absolute atomic E-state index is 12.7. The summed E-state index contributed by atoms with van der Waals surface area (Å²) in [6.07, 6.45) is 0. The number of pyridine rings is 1. The Bertz CT molecular complexity index is 1010. The minimum atomic E-state index is -1.70. The van der Waals surface area contributed by atoms with E-state index in [1.165, 1.54) is 6.92 Å². The van der Waals surface area contributed by atoms with E-state index in [1.807, 2.05) is 0 Å². The van der Waals surface area contributed by atoms with Crippen molar-refractivity contribution in [2.75, 3.05) is 0 Å². The van der Waals surface area contributed by atoms with Gasteiger partial charge in [0.25, 0.3) is 5.91 Å². The number of benzene rings is 2. The number of aliphatic carboxylic acids is 1. The van der Waals surface area contributed by atoms with Gasteiger partial charge in [0, 0.05) is 10.8 Å². The average Bonchev–Trinajstić information content (AvgIpc) is 2.65. The van der Waals surface area contributed by atoms with Gasteiger partial charge in [-0.2, -0.15) is 0 Å². The molecule has 0 aliphatic rings. The molecule has 2 aromatic carbocycles. The number of fused-ring (bicyclic) bond motifs is 1. The van der Waals surface area contributed by atoms with Crippen molar-refractivity contribution < 1.29 is 19.8 Å². The third-order valence-electron chi connectivity index (χ3n) is 4.20. The number of carboxylic acids is 1. The zero-order valence-electron chi connectivity index (χ0n) is 13.7. The number of aromatic hydroxyl groups is 1. The Balaban J connectivity index is 2.06. The van der Waals surface area contributed by atoms with Crippen molar-refractivity contribution in [3.8, 4) is 5.75 Å². The van der Waals surface area contributed by atoms with Crippen LogP contribution in [0.4, 0.5) is 0 Å². The largest absolute Gasteiger partial charge is 0.505 e. The van der Waals surface area contributed by atoms with Gasteiger partial charge >= 0.3 is 5.97 Å². The molecule has 3 rings (SSSR count). The molecule has 0 bridgehead atoms. The van der Waals surface area contributed by atoms with Gasteiger partial charge < -0.3 is 15.5 Å². The molecule has 3 N–H and O–H groups in total. The SMILES string of the molecule is C[C@@](NC(=O)c1nc(Cl)c2ccccc2c1O)(C(=O)O)c1ccccc1. The molecule has 1 heterocycles. The maximum Gasteiger partial charge on any atom is 0.333 e. The van der Waals surface area contributed by atoms with E-state index >= 15 is 0 Å². The molecule has 1 aromatic heterocycles. The standard InChI is InChI=1S/C19H15ClN2O4/c1-19(18(25)26,11-7-3-2-4-8-11)22-17(24)14-15(23)12-9-5-6-10-13(12)16(20)21-14/h2-10,23H,1H3,(H,22,24)(H,25,26)/t19-/m0/s1. The minimum absolute atomic E-state index is 0.0419. The second-order valence-electron chi connectivity index (χ2n) is 5.90. The zero-order chi connectivity index (χ0) is 18.9. The van der Waals surface area contributed by atoms with E-state index in [9.17, 15) is 19.8 Å². The summed E-state index contributed by atoms with van der Waals surface area (Å²) in [7, 11) is 0. The molecule has 0 unspecified atom stereocenters. The molecule has 0 saturated heterocycles. The van der Waals surface area contributed by atoms with Crippen LogP contribution in [0, 0.1) is 0 Å². The number of aromatic nitrogens is 1. The summed E-state index contributed by atoms with van der Waals surface area (Å²) in [6, 6.07) is 14.9. The molecule has 1 amide bonds. The van der Waals surface area contributed by atoms with E-state index in [0.717, 1.165) is 0 Å². The number of rotatable bonds is 4. The van der Waals surface area contributed by atoms with E-state index in [1.54, 1.807) is 54.6 Å². The van der Waals surface area contributed by atoms with E-state index in [2.05, 4.69) is 10.3 Å². The Morgan fingerprint density at radius 1 is 1.04 bits per heavy atom. The number of carboxylic acid groups (broad SMARTS) is 1. The molecule has 0 spiro atoms.